The highest BCUT2D eigenvalue weighted by Gasteiger charge is 2.18. The van der Waals surface area contributed by atoms with Gasteiger partial charge in [-0.05, 0) is 24.3 Å². The van der Waals surface area contributed by atoms with Gasteiger partial charge in [0.2, 0.25) is 15.9 Å². The van der Waals surface area contributed by atoms with Gasteiger partial charge in [0.1, 0.15) is 28.1 Å². The second kappa shape index (κ2) is 5.24. The molecule has 0 unspecified atom stereocenters. The number of benzene rings is 1. The van der Waals surface area contributed by atoms with Gasteiger partial charge in [-0.3, -0.25) is 0 Å². The maximum Gasteiger partial charge on any atom is 0.243 e. The summed E-state index contributed by atoms with van der Waals surface area (Å²) < 4.78 is 41.4. The maximum atomic E-state index is 13.4. The van der Waals surface area contributed by atoms with Crippen LogP contribution in [0.4, 0.5) is 4.39 Å². The number of aromatic nitrogens is 1. The highest BCUT2D eigenvalue weighted by Crippen LogP contribution is 2.28. The molecular weight excluding hydrogens is 285 g/mol. The molecule has 0 atom stereocenters. The number of pyridine rings is 1. The average molecular weight is 293 g/mol. The predicted octanol–water partition coefficient (Wildman–Crippen LogP) is 1.53. The first kappa shape index (κ1) is 13.9. The van der Waals surface area contributed by atoms with Crippen molar-refractivity contribution in [2.45, 2.75) is 4.90 Å². The SMILES string of the molecule is N#Cc1c(F)cccc1Oc1ncccc1S(N)(=O)=O. The van der Waals surface area contributed by atoms with Crippen LogP contribution >= 0.6 is 0 Å². The Balaban J connectivity index is 2.53. The number of rotatable bonds is 3. The van der Waals surface area contributed by atoms with Gasteiger partial charge < -0.3 is 4.74 Å². The fraction of sp³-hybridized carbons (Fsp3) is 0. The summed E-state index contributed by atoms with van der Waals surface area (Å²) in [4.78, 5) is 3.38. The van der Waals surface area contributed by atoms with Crippen LogP contribution in [0.15, 0.2) is 41.4 Å². The van der Waals surface area contributed by atoms with Crippen LogP contribution in [0.2, 0.25) is 0 Å². The van der Waals surface area contributed by atoms with Crippen molar-refractivity contribution in [3.8, 4) is 17.7 Å². The minimum atomic E-state index is -4.05. The smallest absolute Gasteiger partial charge is 0.243 e. The minimum absolute atomic E-state index is 0.143. The van der Waals surface area contributed by atoms with Crippen LogP contribution < -0.4 is 9.88 Å². The van der Waals surface area contributed by atoms with Gasteiger partial charge in [-0.2, -0.15) is 5.26 Å². The topological polar surface area (TPSA) is 106 Å². The molecule has 8 heteroatoms. The summed E-state index contributed by atoms with van der Waals surface area (Å²) in [5, 5.41) is 13.9. The molecule has 0 aliphatic carbocycles. The second-order valence-corrected chi connectivity index (χ2v) is 5.21. The maximum absolute atomic E-state index is 13.4. The highest BCUT2D eigenvalue weighted by molar-refractivity contribution is 7.89. The third kappa shape index (κ3) is 2.74. The van der Waals surface area contributed by atoms with E-state index in [9.17, 15) is 12.8 Å². The van der Waals surface area contributed by atoms with Crippen LogP contribution in [0.3, 0.4) is 0 Å². The molecule has 102 valence electrons. The quantitative estimate of drug-likeness (QED) is 0.923. The lowest BCUT2D eigenvalue weighted by Gasteiger charge is -2.09. The summed E-state index contributed by atoms with van der Waals surface area (Å²) in [6, 6.07) is 7.93. The largest absolute Gasteiger partial charge is 0.436 e. The molecule has 0 spiro atoms. The van der Waals surface area contributed by atoms with E-state index in [4.69, 9.17) is 15.1 Å². The summed E-state index contributed by atoms with van der Waals surface area (Å²) in [7, 11) is -4.05. The van der Waals surface area contributed by atoms with Crippen LogP contribution in [-0.2, 0) is 10.0 Å². The number of nitrogens with zero attached hydrogens (tertiary/aromatic N) is 2. The van der Waals surface area contributed by atoms with Crippen molar-refractivity contribution < 1.29 is 17.5 Å². The predicted molar refractivity (Wildman–Crippen MR) is 66.8 cm³/mol. The Morgan fingerprint density at radius 1 is 1.30 bits per heavy atom. The summed E-state index contributed by atoms with van der Waals surface area (Å²) in [5.74, 6) is -1.24. The normalized spacial score (nSPS) is 10.8. The number of sulfonamides is 1. The van der Waals surface area contributed by atoms with Crippen molar-refractivity contribution in [3.63, 3.8) is 0 Å². The zero-order valence-corrected chi connectivity index (χ0v) is 10.8. The lowest BCUT2D eigenvalue weighted by atomic mass is 10.2. The first-order valence-electron chi connectivity index (χ1n) is 5.28. The molecule has 1 aromatic heterocycles. The Kier molecular flexibility index (Phi) is 3.65. The van der Waals surface area contributed by atoms with Crippen LogP contribution in [0.1, 0.15) is 5.56 Å². The number of ether oxygens (including phenoxy) is 1. The monoisotopic (exact) mass is 293 g/mol. The third-order valence-corrected chi connectivity index (χ3v) is 3.26. The third-order valence-electron chi connectivity index (χ3n) is 2.34. The van der Waals surface area contributed by atoms with Gasteiger partial charge in [0.05, 0.1) is 0 Å². The Morgan fingerprint density at radius 3 is 2.70 bits per heavy atom. The fourth-order valence-corrected chi connectivity index (χ4v) is 2.08. The molecule has 0 radical (unpaired) electrons. The molecule has 1 heterocycles. The summed E-state index contributed by atoms with van der Waals surface area (Å²) in [5.41, 5.74) is -0.349. The van der Waals surface area contributed by atoms with Crippen molar-refractivity contribution in [3.05, 3.63) is 47.9 Å². The first-order valence-corrected chi connectivity index (χ1v) is 6.82. The van der Waals surface area contributed by atoms with Gasteiger partial charge in [-0.15, -0.1) is 0 Å². The van der Waals surface area contributed by atoms with Crippen molar-refractivity contribution in [1.29, 1.82) is 5.26 Å². The van der Waals surface area contributed by atoms with Crippen LogP contribution in [0.5, 0.6) is 11.6 Å². The van der Waals surface area contributed by atoms with Crippen molar-refractivity contribution in [1.82, 2.24) is 4.98 Å². The van der Waals surface area contributed by atoms with E-state index >= 15 is 0 Å². The van der Waals surface area contributed by atoms with Gasteiger partial charge in [0, 0.05) is 6.20 Å². The lowest BCUT2D eigenvalue weighted by molar-refractivity contribution is 0.441. The molecule has 0 fully saturated rings. The van der Waals surface area contributed by atoms with Gasteiger partial charge in [-0.1, -0.05) is 6.07 Å². The molecule has 0 amide bonds. The summed E-state index contributed by atoms with van der Waals surface area (Å²) in [6.45, 7) is 0. The molecule has 0 aliphatic rings. The molecule has 0 saturated carbocycles. The molecule has 2 N–H and O–H groups in total. The van der Waals surface area contributed by atoms with Gasteiger partial charge in [0.25, 0.3) is 0 Å². The molecule has 1 aromatic carbocycles. The van der Waals surface area contributed by atoms with E-state index in [0.717, 1.165) is 6.07 Å². The number of hydrogen-bond donors (Lipinski definition) is 1. The van der Waals surface area contributed by atoms with E-state index in [0.29, 0.717) is 0 Å². The lowest BCUT2D eigenvalue weighted by Crippen LogP contribution is -2.13. The van der Waals surface area contributed by atoms with E-state index in [-0.39, 0.29) is 22.1 Å². The number of primary sulfonamides is 1. The van der Waals surface area contributed by atoms with E-state index in [1.165, 1.54) is 30.5 Å². The Bertz CT molecular complexity index is 800. The molecule has 20 heavy (non-hydrogen) atoms. The zero-order valence-electron chi connectivity index (χ0n) is 9.95. The van der Waals surface area contributed by atoms with Crippen LogP contribution in [-0.4, -0.2) is 13.4 Å². The van der Waals surface area contributed by atoms with E-state index in [1.807, 2.05) is 0 Å². The molecule has 2 rings (SSSR count). The number of halogens is 1. The van der Waals surface area contributed by atoms with Crippen molar-refractivity contribution >= 4 is 10.0 Å². The molecule has 6 nitrogen and oxygen atoms in total. The van der Waals surface area contributed by atoms with Crippen LogP contribution in [0.25, 0.3) is 0 Å². The van der Waals surface area contributed by atoms with E-state index in [1.54, 1.807) is 6.07 Å². The number of nitriles is 1. The second-order valence-electron chi connectivity index (χ2n) is 3.68. The van der Waals surface area contributed by atoms with Gasteiger partial charge in [0.15, 0.2) is 0 Å². The van der Waals surface area contributed by atoms with Gasteiger partial charge in [-0.25, -0.2) is 22.9 Å². The molecule has 0 bridgehead atoms. The van der Waals surface area contributed by atoms with Gasteiger partial charge >= 0.3 is 0 Å². The Morgan fingerprint density at radius 2 is 2.05 bits per heavy atom. The standard InChI is InChI=1S/C12H8FN3O3S/c13-9-3-1-4-10(8(9)7-14)19-12-11(20(15,17)18)5-2-6-16-12/h1-6H,(H2,15,17,18). The minimum Gasteiger partial charge on any atom is -0.436 e. The first-order chi connectivity index (χ1) is 9.43. The Hall–Kier alpha value is -2.50. The highest BCUT2D eigenvalue weighted by atomic mass is 32.2. The average Bonchev–Trinajstić information content (AvgIpc) is 2.38. The van der Waals surface area contributed by atoms with Crippen molar-refractivity contribution in [2.75, 3.05) is 0 Å². The van der Waals surface area contributed by atoms with Crippen LogP contribution in [0, 0.1) is 17.1 Å². The van der Waals surface area contributed by atoms with E-state index in [2.05, 4.69) is 4.98 Å². The van der Waals surface area contributed by atoms with Crippen molar-refractivity contribution in [2.24, 2.45) is 5.14 Å². The summed E-state index contributed by atoms with van der Waals surface area (Å²) >= 11 is 0. The number of nitrogens with two attached hydrogens (primary N) is 1. The molecule has 0 aliphatic heterocycles. The van der Waals surface area contributed by atoms with E-state index < -0.39 is 15.8 Å². The fourth-order valence-electron chi connectivity index (χ4n) is 1.47. The molecule has 2 aromatic rings. The zero-order chi connectivity index (χ0) is 14.8. The number of hydrogen-bond acceptors (Lipinski definition) is 5. The molecule has 0 saturated heterocycles. The Labute approximate surface area is 114 Å². The summed E-state index contributed by atoms with van der Waals surface area (Å²) in [6.07, 6.45) is 1.29. The molecular formula is C12H8FN3O3S.